The zero-order valence-corrected chi connectivity index (χ0v) is 9.85. The van der Waals surface area contributed by atoms with E-state index in [1.807, 2.05) is 0 Å². The van der Waals surface area contributed by atoms with E-state index in [0.717, 1.165) is 4.48 Å². The molecule has 0 saturated heterocycles. The molecule has 0 saturated carbocycles. The van der Waals surface area contributed by atoms with Crippen LogP contribution in [0, 0.1) is 0 Å². The number of ether oxygens (including phenoxy) is 1. The Morgan fingerprint density at radius 1 is 1.69 bits per heavy atom. The minimum atomic E-state index is -0.710. The summed E-state index contributed by atoms with van der Waals surface area (Å²) in [6.45, 7) is 7.26. The first-order valence-corrected chi connectivity index (χ1v) is 5.02. The van der Waals surface area contributed by atoms with E-state index in [4.69, 9.17) is 4.74 Å². The number of aliphatic hydroxyl groups is 1. The van der Waals surface area contributed by atoms with E-state index in [9.17, 15) is 5.11 Å². The maximum atomic E-state index is 9.77. The molecule has 0 amide bonds. The van der Waals surface area contributed by atoms with Gasteiger partial charge in [0.1, 0.15) is 0 Å². The van der Waals surface area contributed by atoms with Crippen LogP contribution in [0.15, 0.2) is 11.1 Å². The molecule has 0 rings (SSSR count). The zero-order valence-electron chi connectivity index (χ0n) is 8.27. The first-order chi connectivity index (χ1) is 5.98. The molecule has 4 heteroatoms. The molecule has 13 heavy (non-hydrogen) atoms. The van der Waals surface area contributed by atoms with E-state index in [1.54, 1.807) is 14.0 Å². The summed E-state index contributed by atoms with van der Waals surface area (Å²) in [6, 6.07) is 0. The normalized spacial score (nSPS) is 15.4. The van der Waals surface area contributed by atoms with Gasteiger partial charge in [0.15, 0.2) is 0 Å². The summed E-state index contributed by atoms with van der Waals surface area (Å²) in [5.74, 6) is 0. The Hall–Kier alpha value is 0.1000. The highest BCUT2D eigenvalue weighted by molar-refractivity contribution is 9.11. The lowest BCUT2D eigenvalue weighted by Crippen LogP contribution is -2.39. The summed E-state index contributed by atoms with van der Waals surface area (Å²) in [6.07, 6.45) is 0.630. The number of nitrogens with one attached hydrogen (secondary N) is 1. The first-order valence-electron chi connectivity index (χ1n) is 4.23. The fraction of sp³-hybridized carbons (Fsp3) is 0.778. The minimum Gasteiger partial charge on any atom is -0.389 e. The number of hydrogen-bond acceptors (Lipinski definition) is 3. The summed E-state index contributed by atoms with van der Waals surface area (Å²) in [4.78, 5) is 0. The quantitative estimate of drug-likeness (QED) is 0.717. The largest absolute Gasteiger partial charge is 0.389 e. The Balaban J connectivity index is 3.56. The van der Waals surface area contributed by atoms with Gasteiger partial charge in [0, 0.05) is 37.7 Å². The van der Waals surface area contributed by atoms with Crippen molar-refractivity contribution in [2.45, 2.75) is 18.9 Å². The SMILES string of the molecule is C=C(Br)CNCC(C)(O)CCOC. The number of methoxy groups -OCH3 is 1. The molecule has 0 spiro atoms. The Bertz CT molecular complexity index is 160. The van der Waals surface area contributed by atoms with Crippen LogP contribution in [0.1, 0.15) is 13.3 Å². The minimum absolute atomic E-state index is 0.543. The van der Waals surface area contributed by atoms with Gasteiger partial charge in [0.25, 0.3) is 0 Å². The standard InChI is InChI=1S/C9H18BrNO2/c1-8(10)6-11-7-9(2,12)4-5-13-3/h11-12H,1,4-7H2,2-3H3. The van der Waals surface area contributed by atoms with Gasteiger partial charge in [-0.15, -0.1) is 0 Å². The molecular weight excluding hydrogens is 234 g/mol. The lowest BCUT2D eigenvalue weighted by atomic mass is 10.0. The van der Waals surface area contributed by atoms with Crippen molar-refractivity contribution in [2.75, 3.05) is 26.8 Å². The molecule has 0 heterocycles. The predicted molar refractivity (Wildman–Crippen MR) is 58.1 cm³/mol. The molecule has 78 valence electrons. The highest BCUT2D eigenvalue weighted by Gasteiger charge is 2.18. The average Bonchev–Trinajstić information content (AvgIpc) is 2.00. The molecule has 0 radical (unpaired) electrons. The Morgan fingerprint density at radius 3 is 2.77 bits per heavy atom. The summed E-state index contributed by atoms with van der Waals surface area (Å²) >= 11 is 3.23. The molecule has 0 fully saturated rings. The van der Waals surface area contributed by atoms with Crippen molar-refractivity contribution in [3.8, 4) is 0 Å². The summed E-state index contributed by atoms with van der Waals surface area (Å²) in [7, 11) is 1.63. The molecule has 0 aliphatic heterocycles. The summed E-state index contributed by atoms with van der Waals surface area (Å²) < 4.78 is 5.77. The maximum Gasteiger partial charge on any atom is 0.0765 e. The third-order valence-corrected chi connectivity index (χ3v) is 1.95. The fourth-order valence-electron chi connectivity index (χ4n) is 0.878. The average molecular weight is 252 g/mol. The lowest BCUT2D eigenvalue weighted by Gasteiger charge is -2.23. The van der Waals surface area contributed by atoms with Crippen LogP contribution in [0.3, 0.4) is 0 Å². The highest BCUT2D eigenvalue weighted by atomic mass is 79.9. The van der Waals surface area contributed by atoms with Crippen LogP contribution < -0.4 is 5.32 Å². The van der Waals surface area contributed by atoms with Crippen molar-refractivity contribution < 1.29 is 9.84 Å². The van der Waals surface area contributed by atoms with Crippen LogP contribution >= 0.6 is 15.9 Å². The topological polar surface area (TPSA) is 41.5 Å². The van der Waals surface area contributed by atoms with Crippen LogP contribution in [0.5, 0.6) is 0 Å². The third kappa shape index (κ3) is 8.43. The molecule has 0 aromatic rings. The van der Waals surface area contributed by atoms with E-state index in [1.165, 1.54) is 0 Å². The van der Waals surface area contributed by atoms with E-state index in [2.05, 4.69) is 27.8 Å². The molecule has 0 aromatic carbocycles. The molecule has 0 aromatic heterocycles. The van der Waals surface area contributed by atoms with Crippen LogP contribution in [-0.2, 0) is 4.74 Å². The molecule has 0 aliphatic carbocycles. The van der Waals surface area contributed by atoms with Crippen molar-refractivity contribution in [1.82, 2.24) is 5.32 Å². The van der Waals surface area contributed by atoms with Gasteiger partial charge in [-0.25, -0.2) is 0 Å². The van der Waals surface area contributed by atoms with E-state index < -0.39 is 5.60 Å². The van der Waals surface area contributed by atoms with Gasteiger partial charge in [-0.3, -0.25) is 0 Å². The summed E-state index contributed by atoms with van der Waals surface area (Å²) in [5.41, 5.74) is -0.710. The molecule has 2 N–H and O–H groups in total. The van der Waals surface area contributed by atoms with Gasteiger partial charge < -0.3 is 15.2 Å². The third-order valence-electron chi connectivity index (χ3n) is 1.67. The van der Waals surface area contributed by atoms with Crippen molar-refractivity contribution in [2.24, 2.45) is 0 Å². The highest BCUT2D eigenvalue weighted by Crippen LogP contribution is 2.08. The fourth-order valence-corrected chi connectivity index (χ4v) is 1.08. The maximum absolute atomic E-state index is 9.77. The lowest BCUT2D eigenvalue weighted by molar-refractivity contribution is 0.0257. The van der Waals surface area contributed by atoms with Gasteiger partial charge in [0.05, 0.1) is 5.60 Å². The molecular formula is C9H18BrNO2. The van der Waals surface area contributed by atoms with E-state index in [0.29, 0.717) is 26.1 Å². The van der Waals surface area contributed by atoms with Gasteiger partial charge >= 0.3 is 0 Å². The molecule has 0 bridgehead atoms. The van der Waals surface area contributed by atoms with Gasteiger partial charge in [-0.2, -0.15) is 0 Å². The van der Waals surface area contributed by atoms with Gasteiger partial charge in [0.2, 0.25) is 0 Å². The zero-order chi connectivity index (χ0) is 10.3. The second-order valence-electron chi connectivity index (χ2n) is 3.36. The Morgan fingerprint density at radius 2 is 2.31 bits per heavy atom. The van der Waals surface area contributed by atoms with E-state index in [-0.39, 0.29) is 0 Å². The second kappa shape index (κ2) is 6.54. The van der Waals surface area contributed by atoms with Gasteiger partial charge in [-0.05, 0) is 6.92 Å². The Labute approximate surface area is 88.3 Å². The molecule has 1 atom stereocenters. The summed E-state index contributed by atoms with van der Waals surface area (Å²) in [5, 5.41) is 12.9. The predicted octanol–water partition coefficient (Wildman–Crippen LogP) is 1.27. The van der Waals surface area contributed by atoms with Crippen molar-refractivity contribution in [3.63, 3.8) is 0 Å². The van der Waals surface area contributed by atoms with Crippen LogP contribution in [0.2, 0.25) is 0 Å². The van der Waals surface area contributed by atoms with Crippen molar-refractivity contribution in [1.29, 1.82) is 0 Å². The number of hydrogen-bond donors (Lipinski definition) is 2. The van der Waals surface area contributed by atoms with Crippen LogP contribution in [-0.4, -0.2) is 37.5 Å². The first kappa shape index (κ1) is 13.1. The van der Waals surface area contributed by atoms with Crippen molar-refractivity contribution >= 4 is 15.9 Å². The van der Waals surface area contributed by atoms with Crippen LogP contribution in [0.4, 0.5) is 0 Å². The monoisotopic (exact) mass is 251 g/mol. The van der Waals surface area contributed by atoms with E-state index >= 15 is 0 Å². The molecule has 1 unspecified atom stereocenters. The number of rotatable bonds is 7. The molecule has 3 nitrogen and oxygen atoms in total. The van der Waals surface area contributed by atoms with Crippen molar-refractivity contribution in [3.05, 3.63) is 11.1 Å². The second-order valence-corrected chi connectivity index (χ2v) is 4.48. The number of halogens is 1. The molecule has 0 aliphatic rings. The Kier molecular flexibility index (Phi) is 6.59. The van der Waals surface area contributed by atoms with Crippen LogP contribution in [0.25, 0.3) is 0 Å². The van der Waals surface area contributed by atoms with Gasteiger partial charge in [-0.1, -0.05) is 22.5 Å². The smallest absolute Gasteiger partial charge is 0.0765 e.